The fraction of sp³-hybridized carbons (Fsp3) is 0.227. The van der Waals surface area contributed by atoms with Crippen LogP contribution in [-0.4, -0.2) is 37.6 Å². The Hall–Kier alpha value is -3.39. The number of carbonyl (C=O) groups excluding carboxylic acids is 2. The summed E-state index contributed by atoms with van der Waals surface area (Å²) in [5, 5.41) is 5.27. The zero-order valence-corrected chi connectivity index (χ0v) is 17.4. The van der Waals surface area contributed by atoms with Crippen molar-refractivity contribution >= 4 is 34.0 Å². The van der Waals surface area contributed by atoms with Gasteiger partial charge in [0.15, 0.2) is 5.13 Å². The molecule has 3 aromatic rings. The number of hydrogen-bond donors (Lipinski definition) is 1. The van der Waals surface area contributed by atoms with Crippen molar-refractivity contribution in [3.05, 3.63) is 53.9 Å². The summed E-state index contributed by atoms with van der Waals surface area (Å²) in [5.74, 6) is 0.356. The van der Waals surface area contributed by atoms with E-state index in [0.717, 1.165) is 11.3 Å². The van der Waals surface area contributed by atoms with Crippen LogP contribution in [0.25, 0.3) is 11.3 Å². The molecule has 0 unspecified atom stereocenters. The van der Waals surface area contributed by atoms with Gasteiger partial charge in [0.25, 0.3) is 0 Å². The maximum Gasteiger partial charge on any atom is 0.231 e. The van der Waals surface area contributed by atoms with Gasteiger partial charge in [-0.25, -0.2) is 4.98 Å². The molecular formula is C22H21N3O4S. The van der Waals surface area contributed by atoms with Crippen molar-refractivity contribution in [2.45, 2.75) is 6.42 Å². The zero-order valence-electron chi connectivity index (χ0n) is 16.6. The van der Waals surface area contributed by atoms with Gasteiger partial charge in [0.05, 0.1) is 31.5 Å². The van der Waals surface area contributed by atoms with Crippen molar-refractivity contribution in [3.63, 3.8) is 0 Å². The number of ether oxygens (including phenoxy) is 2. The smallest absolute Gasteiger partial charge is 0.231 e. The number of carbonyl (C=O) groups is 2. The van der Waals surface area contributed by atoms with E-state index in [1.807, 2.05) is 35.7 Å². The van der Waals surface area contributed by atoms with Gasteiger partial charge in [-0.1, -0.05) is 30.3 Å². The summed E-state index contributed by atoms with van der Waals surface area (Å²) in [4.78, 5) is 31.4. The molecule has 1 atom stereocenters. The highest BCUT2D eigenvalue weighted by Crippen LogP contribution is 2.36. The first-order valence-corrected chi connectivity index (χ1v) is 10.3. The quantitative estimate of drug-likeness (QED) is 0.652. The van der Waals surface area contributed by atoms with Gasteiger partial charge in [0, 0.05) is 30.0 Å². The molecule has 2 amide bonds. The Bertz CT molecular complexity index is 1070. The number of nitrogens with one attached hydrogen (secondary N) is 1. The SMILES string of the molecule is COc1ccc(N2C[C@H](C(=O)Nc3nc(-c4ccccc4)cs3)CC2=O)c(OC)c1. The Morgan fingerprint density at radius 3 is 2.70 bits per heavy atom. The van der Waals surface area contributed by atoms with Crippen molar-refractivity contribution in [1.29, 1.82) is 0 Å². The van der Waals surface area contributed by atoms with E-state index < -0.39 is 5.92 Å². The highest BCUT2D eigenvalue weighted by molar-refractivity contribution is 7.14. The average molecular weight is 423 g/mol. The summed E-state index contributed by atoms with van der Waals surface area (Å²) in [6.07, 6.45) is 0.137. The van der Waals surface area contributed by atoms with Crippen LogP contribution >= 0.6 is 11.3 Å². The van der Waals surface area contributed by atoms with Crippen molar-refractivity contribution in [2.75, 3.05) is 31.0 Å². The number of anilines is 2. The second kappa shape index (κ2) is 8.54. The average Bonchev–Trinajstić information content (AvgIpc) is 3.40. The molecule has 2 heterocycles. The minimum Gasteiger partial charge on any atom is -0.497 e. The standard InChI is InChI=1S/C22H21N3O4S/c1-28-16-8-9-18(19(11-16)29-2)25-12-15(10-20(25)26)21(27)24-22-23-17(13-30-22)14-6-4-3-5-7-14/h3-9,11,13,15H,10,12H2,1-2H3,(H,23,24,27)/t15-/m1/s1. The minimum absolute atomic E-state index is 0.122. The van der Waals surface area contributed by atoms with Crippen LogP contribution in [0.1, 0.15) is 6.42 Å². The van der Waals surface area contributed by atoms with E-state index >= 15 is 0 Å². The maximum absolute atomic E-state index is 12.8. The molecule has 0 saturated carbocycles. The maximum atomic E-state index is 12.8. The van der Waals surface area contributed by atoms with Gasteiger partial charge >= 0.3 is 0 Å². The lowest BCUT2D eigenvalue weighted by Gasteiger charge is -2.20. The van der Waals surface area contributed by atoms with Crippen LogP contribution in [-0.2, 0) is 9.59 Å². The van der Waals surface area contributed by atoms with Gasteiger partial charge in [-0.3, -0.25) is 9.59 Å². The molecule has 8 heteroatoms. The first-order chi connectivity index (χ1) is 14.6. The predicted octanol–water partition coefficient (Wildman–Crippen LogP) is 3.82. The van der Waals surface area contributed by atoms with Gasteiger partial charge in [0.1, 0.15) is 11.5 Å². The fourth-order valence-electron chi connectivity index (χ4n) is 3.40. The Balaban J connectivity index is 1.46. The Morgan fingerprint density at radius 2 is 1.97 bits per heavy atom. The van der Waals surface area contributed by atoms with Gasteiger partial charge < -0.3 is 19.7 Å². The molecule has 0 bridgehead atoms. The van der Waals surface area contributed by atoms with E-state index in [-0.39, 0.29) is 24.8 Å². The summed E-state index contributed by atoms with van der Waals surface area (Å²) in [5.41, 5.74) is 2.42. The van der Waals surface area contributed by atoms with Crippen molar-refractivity contribution in [1.82, 2.24) is 4.98 Å². The number of methoxy groups -OCH3 is 2. The van der Waals surface area contributed by atoms with Gasteiger partial charge in [-0.15, -0.1) is 11.3 Å². The highest BCUT2D eigenvalue weighted by atomic mass is 32.1. The number of amides is 2. The van der Waals surface area contributed by atoms with Gasteiger partial charge in [0.2, 0.25) is 11.8 Å². The second-order valence-corrected chi connectivity index (χ2v) is 7.69. The van der Waals surface area contributed by atoms with Crippen LogP contribution in [0.5, 0.6) is 11.5 Å². The molecule has 1 aliphatic rings. The van der Waals surface area contributed by atoms with Crippen molar-refractivity contribution < 1.29 is 19.1 Å². The van der Waals surface area contributed by atoms with E-state index in [1.54, 1.807) is 30.2 Å². The molecule has 1 saturated heterocycles. The third kappa shape index (κ3) is 3.99. The van der Waals surface area contributed by atoms with Crippen molar-refractivity contribution in [3.8, 4) is 22.8 Å². The van der Waals surface area contributed by atoms with Crippen LogP contribution in [0.15, 0.2) is 53.9 Å². The molecule has 2 aromatic carbocycles. The van der Waals surface area contributed by atoms with E-state index in [4.69, 9.17) is 9.47 Å². The number of rotatable bonds is 6. The van der Waals surface area contributed by atoms with E-state index in [9.17, 15) is 9.59 Å². The van der Waals surface area contributed by atoms with E-state index in [1.165, 1.54) is 18.4 Å². The van der Waals surface area contributed by atoms with Gasteiger partial charge in [-0.05, 0) is 12.1 Å². The molecule has 1 aromatic heterocycles. The molecule has 4 rings (SSSR count). The minimum atomic E-state index is -0.464. The van der Waals surface area contributed by atoms with Crippen LogP contribution in [0.4, 0.5) is 10.8 Å². The Labute approximate surface area is 178 Å². The molecule has 1 N–H and O–H groups in total. The summed E-state index contributed by atoms with van der Waals surface area (Å²) in [7, 11) is 3.10. The van der Waals surface area contributed by atoms with E-state index in [0.29, 0.717) is 22.3 Å². The first-order valence-electron chi connectivity index (χ1n) is 9.43. The highest BCUT2D eigenvalue weighted by Gasteiger charge is 2.36. The number of benzene rings is 2. The molecule has 0 aliphatic carbocycles. The molecule has 30 heavy (non-hydrogen) atoms. The number of thiazole rings is 1. The monoisotopic (exact) mass is 423 g/mol. The second-order valence-electron chi connectivity index (χ2n) is 6.84. The van der Waals surface area contributed by atoms with E-state index in [2.05, 4.69) is 10.3 Å². The molecule has 1 fully saturated rings. The third-order valence-corrected chi connectivity index (χ3v) is 5.74. The predicted molar refractivity (Wildman–Crippen MR) is 116 cm³/mol. The van der Waals surface area contributed by atoms with Crippen LogP contribution in [0.3, 0.4) is 0 Å². The summed E-state index contributed by atoms with van der Waals surface area (Å²) in [6.45, 7) is 0.282. The molecule has 154 valence electrons. The summed E-state index contributed by atoms with van der Waals surface area (Å²) >= 11 is 1.36. The largest absolute Gasteiger partial charge is 0.497 e. The lowest BCUT2D eigenvalue weighted by molar-refractivity contribution is -0.122. The third-order valence-electron chi connectivity index (χ3n) is 4.98. The molecule has 1 aliphatic heterocycles. The van der Waals surface area contributed by atoms with Crippen LogP contribution in [0, 0.1) is 5.92 Å². The first kappa shape index (κ1) is 19.9. The van der Waals surface area contributed by atoms with Crippen LogP contribution in [0.2, 0.25) is 0 Å². The topological polar surface area (TPSA) is 80.8 Å². The lowest BCUT2D eigenvalue weighted by Crippen LogP contribution is -2.28. The molecular weight excluding hydrogens is 402 g/mol. The molecule has 7 nitrogen and oxygen atoms in total. The van der Waals surface area contributed by atoms with Gasteiger partial charge in [-0.2, -0.15) is 0 Å². The lowest BCUT2D eigenvalue weighted by atomic mass is 10.1. The number of aromatic nitrogens is 1. The summed E-state index contributed by atoms with van der Waals surface area (Å²) in [6, 6.07) is 15.0. The molecule has 0 spiro atoms. The fourth-order valence-corrected chi connectivity index (χ4v) is 4.13. The summed E-state index contributed by atoms with van der Waals surface area (Å²) < 4.78 is 10.6. The molecule has 0 radical (unpaired) electrons. The van der Waals surface area contributed by atoms with Crippen molar-refractivity contribution in [2.24, 2.45) is 5.92 Å². The Morgan fingerprint density at radius 1 is 1.17 bits per heavy atom. The number of nitrogens with zero attached hydrogens (tertiary/aromatic N) is 2. The normalized spacial score (nSPS) is 15.9. The Kier molecular flexibility index (Phi) is 5.67. The van der Waals surface area contributed by atoms with Crippen LogP contribution < -0.4 is 19.7 Å². The number of hydrogen-bond acceptors (Lipinski definition) is 6. The zero-order chi connectivity index (χ0) is 21.1.